The minimum absolute atomic E-state index is 0.176. The molecule has 1 atom stereocenters. The van der Waals surface area contributed by atoms with Crippen molar-refractivity contribution < 1.29 is 14.6 Å². The zero-order valence-electron chi connectivity index (χ0n) is 6.20. The van der Waals surface area contributed by atoms with Crippen molar-refractivity contribution in [2.45, 2.75) is 26.0 Å². The molecule has 0 saturated heterocycles. The molecule has 0 saturated carbocycles. The maximum absolute atomic E-state index is 10.7. The summed E-state index contributed by atoms with van der Waals surface area (Å²) < 4.78 is 4.68. The van der Waals surface area contributed by atoms with E-state index >= 15 is 0 Å². The normalized spacial score (nSPS) is 13.3. The first-order chi connectivity index (χ1) is 4.57. The van der Waals surface area contributed by atoms with Gasteiger partial charge in [-0.2, -0.15) is 0 Å². The zero-order valence-corrected chi connectivity index (χ0v) is 6.20. The molecule has 4 nitrogen and oxygen atoms in total. The van der Waals surface area contributed by atoms with Crippen LogP contribution in [0.2, 0.25) is 0 Å². The highest BCUT2D eigenvalue weighted by molar-refractivity contribution is 5.75. The van der Waals surface area contributed by atoms with Gasteiger partial charge in [-0.15, -0.1) is 0 Å². The van der Waals surface area contributed by atoms with E-state index in [2.05, 4.69) is 4.74 Å². The molecule has 0 aromatic carbocycles. The number of aliphatic hydroxyl groups is 1. The summed E-state index contributed by atoms with van der Waals surface area (Å²) in [5.74, 6) is -0.558. The number of hydrogen-bond donors (Lipinski definition) is 2. The van der Waals surface area contributed by atoms with E-state index in [1.807, 2.05) is 0 Å². The third-order valence-electron chi connectivity index (χ3n) is 0.851. The number of hydrogen-bond acceptors (Lipinski definition) is 4. The lowest BCUT2D eigenvalue weighted by Crippen LogP contribution is -2.36. The van der Waals surface area contributed by atoms with Crippen LogP contribution < -0.4 is 5.73 Å². The molecule has 0 unspecified atom stereocenters. The largest absolute Gasteiger partial charge is 0.462 e. The van der Waals surface area contributed by atoms with Crippen LogP contribution in [0.1, 0.15) is 13.8 Å². The van der Waals surface area contributed by atoms with Crippen molar-refractivity contribution in [1.29, 1.82) is 0 Å². The Morgan fingerprint density at radius 2 is 2.20 bits per heavy atom. The molecule has 10 heavy (non-hydrogen) atoms. The van der Waals surface area contributed by atoms with Crippen molar-refractivity contribution >= 4 is 5.97 Å². The molecule has 60 valence electrons. The van der Waals surface area contributed by atoms with Gasteiger partial charge in [0.1, 0.15) is 6.04 Å². The molecular formula is C6H13NO3. The van der Waals surface area contributed by atoms with Crippen molar-refractivity contribution in [1.82, 2.24) is 0 Å². The molecule has 4 heteroatoms. The van der Waals surface area contributed by atoms with E-state index in [9.17, 15) is 4.79 Å². The van der Waals surface area contributed by atoms with Crippen LogP contribution in [0.3, 0.4) is 0 Å². The lowest BCUT2D eigenvalue weighted by molar-refractivity contribution is -0.149. The second kappa shape index (κ2) is 4.24. The molecule has 0 aliphatic carbocycles. The van der Waals surface area contributed by atoms with Crippen LogP contribution in [-0.4, -0.2) is 29.8 Å². The Morgan fingerprint density at radius 1 is 1.70 bits per heavy atom. The average Bonchev–Trinajstić information content (AvgIpc) is 1.85. The summed E-state index contributed by atoms with van der Waals surface area (Å²) in [5.41, 5.74) is 5.14. The SMILES string of the molecule is CC(C)OC(=O)[C@H](N)CO. The summed E-state index contributed by atoms with van der Waals surface area (Å²) in [5, 5.41) is 8.39. The van der Waals surface area contributed by atoms with E-state index in [4.69, 9.17) is 10.8 Å². The molecule has 0 radical (unpaired) electrons. The van der Waals surface area contributed by atoms with Gasteiger partial charge in [0.2, 0.25) is 0 Å². The highest BCUT2D eigenvalue weighted by atomic mass is 16.5. The van der Waals surface area contributed by atoms with Crippen LogP contribution in [0.25, 0.3) is 0 Å². The van der Waals surface area contributed by atoms with Crippen molar-refractivity contribution in [3.8, 4) is 0 Å². The van der Waals surface area contributed by atoms with Gasteiger partial charge in [0.25, 0.3) is 0 Å². The predicted molar refractivity (Wildman–Crippen MR) is 36.3 cm³/mol. The second-order valence-corrected chi connectivity index (χ2v) is 2.27. The Balaban J connectivity index is 3.62. The number of rotatable bonds is 3. The van der Waals surface area contributed by atoms with Gasteiger partial charge in [-0.25, -0.2) is 0 Å². The summed E-state index contributed by atoms with van der Waals surface area (Å²) in [6, 6.07) is -0.901. The third-order valence-corrected chi connectivity index (χ3v) is 0.851. The van der Waals surface area contributed by atoms with Gasteiger partial charge in [-0.3, -0.25) is 4.79 Å². The van der Waals surface area contributed by atoms with Gasteiger partial charge in [0, 0.05) is 0 Å². The summed E-state index contributed by atoms with van der Waals surface area (Å²) in [6.07, 6.45) is -0.176. The van der Waals surface area contributed by atoms with E-state index in [0.717, 1.165) is 0 Å². The molecule has 0 spiro atoms. The number of aliphatic hydroxyl groups excluding tert-OH is 1. The van der Waals surface area contributed by atoms with Gasteiger partial charge in [-0.1, -0.05) is 0 Å². The average molecular weight is 147 g/mol. The van der Waals surface area contributed by atoms with Crippen LogP contribution in [0.15, 0.2) is 0 Å². The molecule has 0 aliphatic heterocycles. The van der Waals surface area contributed by atoms with Gasteiger partial charge in [-0.05, 0) is 13.8 Å². The number of nitrogens with two attached hydrogens (primary N) is 1. The fourth-order valence-electron chi connectivity index (χ4n) is 0.394. The number of esters is 1. The van der Waals surface area contributed by atoms with Crippen LogP contribution in [0.5, 0.6) is 0 Å². The zero-order chi connectivity index (χ0) is 8.15. The fraction of sp³-hybridized carbons (Fsp3) is 0.833. The quantitative estimate of drug-likeness (QED) is 0.515. The smallest absolute Gasteiger partial charge is 0.325 e. The molecule has 0 aliphatic rings. The van der Waals surface area contributed by atoms with Crippen molar-refractivity contribution in [2.75, 3.05) is 6.61 Å². The highest BCUT2D eigenvalue weighted by Gasteiger charge is 2.14. The molecule has 3 N–H and O–H groups in total. The van der Waals surface area contributed by atoms with Crippen molar-refractivity contribution in [3.05, 3.63) is 0 Å². The van der Waals surface area contributed by atoms with Crippen LogP contribution in [0, 0.1) is 0 Å². The Hall–Kier alpha value is -0.610. The monoisotopic (exact) mass is 147 g/mol. The van der Waals surface area contributed by atoms with E-state index in [1.54, 1.807) is 13.8 Å². The summed E-state index contributed by atoms with van der Waals surface area (Å²) >= 11 is 0. The minimum atomic E-state index is -0.901. The Labute approximate surface area is 60.0 Å². The Kier molecular flexibility index (Phi) is 3.99. The first kappa shape index (κ1) is 9.39. The van der Waals surface area contributed by atoms with Crippen LogP contribution in [0.4, 0.5) is 0 Å². The minimum Gasteiger partial charge on any atom is -0.462 e. The number of carbonyl (C=O) groups is 1. The Bertz CT molecular complexity index is 114. The maximum atomic E-state index is 10.7. The molecular weight excluding hydrogens is 134 g/mol. The predicted octanol–water partition coefficient (Wildman–Crippen LogP) is -0.742. The second-order valence-electron chi connectivity index (χ2n) is 2.27. The standard InChI is InChI=1S/C6H13NO3/c1-4(2)10-6(9)5(7)3-8/h4-5,8H,3,7H2,1-2H3/t5-/m1/s1. The van der Waals surface area contributed by atoms with Gasteiger partial charge in [0.15, 0.2) is 0 Å². The summed E-state index contributed by atoms with van der Waals surface area (Å²) in [4.78, 5) is 10.7. The molecule has 0 fully saturated rings. The lowest BCUT2D eigenvalue weighted by Gasteiger charge is -2.10. The summed E-state index contributed by atoms with van der Waals surface area (Å²) in [6.45, 7) is 3.08. The molecule has 0 aromatic rings. The molecule has 0 heterocycles. The molecule has 0 rings (SSSR count). The van der Waals surface area contributed by atoms with Crippen molar-refractivity contribution in [2.24, 2.45) is 5.73 Å². The van der Waals surface area contributed by atoms with E-state index in [-0.39, 0.29) is 12.7 Å². The first-order valence-corrected chi connectivity index (χ1v) is 3.15. The van der Waals surface area contributed by atoms with E-state index in [0.29, 0.717) is 0 Å². The first-order valence-electron chi connectivity index (χ1n) is 3.15. The Morgan fingerprint density at radius 3 is 2.50 bits per heavy atom. The van der Waals surface area contributed by atoms with Crippen molar-refractivity contribution in [3.63, 3.8) is 0 Å². The maximum Gasteiger partial charge on any atom is 0.325 e. The van der Waals surface area contributed by atoms with Gasteiger partial charge < -0.3 is 15.6 Å². The third kappa shape index (κ3) is 3.42. The lowest BCUT2D eigenvalue weighted by atomic mass is 10.3. The van der Waals surface area contributed by atoms with Crippen LogP contribution >= 0.6 is 0 Å². The topological polar surface area (TPSA) is 72.5 Å². The number of ether oxygens (including phenoxy) is 1. The molecule has 0 amide bonds. The fourth-order valence-corrected chi connectivity index (χ4v) is 0.394. The van der Waals surface area contributed by atoms with E-state index < -0.39 is 12.0 Å². The highest BCUT2D eigenvalue weighted by Crippen LogP contribution is 1.91. The molecule has 0 aromatic heterocycles. The van der Waals surface area contributed by atoms with Gasteiger partial charge in [0.05, 0.1) is 12.7 Å². The number of carbonyl (C=O) groups excluding carboxylic acids is 1. The summed E-state index contributed by atoms with van der Waals surface area (Å²) in [7, 11) is 0. The van der Waals surface area contributed by atoms with Gasteiger partial charge >= 0.3 is 5.97 Å². The van der Waals surface area contributed by atoms with E-state index in [1.165, 1.54) is 0 Å². The molecule has 0 bridgehead atoms. The van der Waals surface area contributed by atoms with Crippen LogP contribution in [-0.2, 0) is 9.53 Å².